The fourth-order valence-electron chi connectivity index (χ4n) is 1.71. The highest BCUT2D eigenvalue weighted by atomic mass is 14.8. The van der Waals surface area contributed by atoms with E-state index in [1.54, 1.807) is 0 Å². The highest BCUT2D eigenvalue weighted by Gasteiger charge is 2.29. The van der Waals surface area contributed by atoms with Gasteiger partial charge in [-0.25, -0.2) is 0 Å². The lowest BCUT2D eigenvalue weighted by molar-refractivity contribution is 0.408. The lowest BCUT2D eigenvalue weighted by Crippen LogP contribution is -2.20. The molecule has 0 aromatic carbocycles. The zero-order valence-electron chi connectivity index (χ0n) is 7.19. The van der Waals surface area contributed by atoms with Gasteiger partial charge in [-0.05, 0) is 44.7 Å². The molecule has 1 heteroatoms. The summed E-state index contributed by atoms with van der Waals surface area (Å²) in [5.41, 5.74) is 0. The van der Waals surface area contributed by atoms with Crippen molar-refractivity contribution in [2.24, 2.45) is 11.8 Å². The molecule has 1 atom stereocenters. The van der Waals surface area contributed by atoms with Crippen LogP contribution >= 0.6 is 0 Å². The van der Waals surface area contributed by atoms with Crippen LogP contribution in [-0.4, -0.2) is 13.6 Å². The van der Waals surface area contributed by atoms with Crippen LogP contribution in [0, 0.1) is 11.8 Å². The number of hydrogen-bond acceptors (Lipinski definition) is 1. The van der Waals surface area contributed by atoms with Gasteiger partial charge in [0.15, 0.2) is 0 Å². The van der Waals surface area contributed by atoms with E-state index in [-0.39, 0.29) is 0 Å². The van der Waals surface area contributed by atoms with Crippen molar-refractivity contribution in [2.45, 2.75) is 32.6 Å². The average molecular weight is 141 g/mol. The molecule has 0 aromatic rings. The van der Waals surface area contributed by atoms with E-state index < -0.39 is 0 Å². The van der Waals surface area contributed by atoms with Gasteiger partial charge in [0.2, 0.25) is 0 Å². The van der Waals surface area contributed by atoms with Gasteiger partial charge in [-0.3, -0.25) is 0 Å². The summed E-state index contributed by atoms with van der Waals surface area (Å²) in [7, 11) is 2.06. The molecule has 60 valence electrons. The maximum atomic E-state index is 3.27. The normalized spacial score (nSPS) is 21.0. The van der Waals surface area contributed by atoms with Gasteiger partial charge in [-0.15, -0.1) is 0 Å². The van der Waals surface area contributed by atoms with Crippen LogP contribution in [-0.2, 0) is 0 Å². The fraction of sp³-hybridized carbons (Fsp3) is 1.00. The summed E-state index contributed by atoms with van der Waals surface area (Å²) >= 11 is 0. The summed E-state index contributed by atoms with van der Waals surface area (Å²) < 4.78 is 0. The lowest BCUT2D eigenvalue weighted by Gasteiger charge is -2.13. The van der Waals surface area contributed by atoms with Crippen LogP contribution in [0.1, 0.15) is 32.6 Å². The Hall–Kier alpha value is -0.0400. The van der Waals surface area contributed by atoms with Gasteiger partial charge in [0, 0.05) is 0 Å². The predicted octanol–water partition coefficient (Wildman–Crippen LogP) is 2.03. The third-order valence-corrected chi connectivity index (χ3v) is 2.41. The van der Waals surface area contributed by atoms with E-state index in [0.29, 0.717) is 0 Å². The largest absolute Gasteiger partial charge is 0.319 e. The van der Waals surface area contributed by atoms with Crippen LogP contribution in [0.3, 0.4) is 0 Å². The molecular weight excluding hydrogens is 122 g/mol. The molecule has 0 bridgehead atoms. The minimum Gasteiger partial charge on any atom is -0.319 e. The first-order valence-corrected chi connectivity index (χ1v) is 4.53. The SMILES string of the molecule is CCCC(CNC)C1CC1. The van der Waals surface area contributed by atoms with E-state index in [0.717, 1.165) is 11.8 Å². The zero-order chi connectivity index (χ0) is 7.40. The van der Waals surface area contributed by atoms with Crippen LogP contribution in [0.4, 0.5) is 0 Å². The smallest absolute Gasteiger partial charge is 0.00209 e. The molecule has 1 fully saturated rings. The van der Waals surface area contributed by atoms with Crippen LogP contribution in [0.15, 0.2) is 0 Å². The molecule has 1 aliphatic rings. The van der Waals surface area contributed by atoms with Crippen molar-refractivity contribution in [3.8, 4) is 0 Å². The first-order chi connectivity index (χ1) is 4.88. The molecule has 10 heavy (non-hydrogen) atoms. The molecule has 0 spiro atoms. The minimum atomic E-state index is 0.981. The van der Waals surface area contributed by atoms with Crippen molar-refractivity contribution in [3.05, 3.63) is 0 Å². The van der Waals surface area contributed by atoms with E-state index in [9.17, 15) is 0 Å². The number of hydrogen-bond donors (Lipinski definition) is 1. The molecule has 1 nitrogen and oxygen atoms in total. The van der Waals surface area contributed by atoms with E-state index in [4.69, 9.17) is 0 Å². The monoisotopic (exact) mass is 141 g/mol. The Morgan fingerprint density at radius 1 is 1.50 bits per heavy atom. The van der Waals surface area contributed by atoms with Crippen LogP contribution in [0.5, 0.6) is 0 Å². The molecule has 1 aliphatic carbocycles. The van der Waals surface area contributed by atoms with E-state index >= 15 is 0 Å². The van der Waals surface area contributed by atoms with Crippen LogP contribution < -0.4 is 5.32 Å². The Balaban J connectivity index is 2.13. The van der Waals surface area contributed by atoms with Crippen molar-refractivity contribution < 1.29 is 0 Å². The summed E-state index contributed by atoms with van der Waals surface area (Å²) in [4.78, 5) is 0. The molecule has 1 unspecified atom stereocenters. The Labute approximate surface area is 64.2 Å². The van der Waals surface area contributed by atoms with Crippen LogP contribution in [0.25, 0.3) is 0 Å². The van der Waals surface area contributed by atoms with E-state index in [2.05, 4.69) is 19.3 Å². The first kappa shape index (κ1) is 8.06. The molecular formula is C9H19N. The molecule has 1 rings (SSSR count). The first-order valence-electron chi connectivity index (χ1n) is 4.53. The van der Waals surface area contributed by atoms with E-state index in [1.165, 1.54) is 32.2 Å². The van der Waals surface area contributed by atoms with Crippen molar-refractivity contribution in [2.75, 3.05) is 13.6 Å². The van der Waals surface area contributed by atoms with Crippen molar-refractivity contribution >= 4 is 0 Å². The second kappa shape index (κ2) is 3.97. The summed E-state index contributed by atoms with van der Waals surface area (Å²) in [6, 6.07) is 0. The number of rotatable bonds is 5. The minimum absolute atomic E-state index is 0.981. The fourth-order valence-corrected chi connectivity index (χ4v) is 1.71. The highest BCUT2D eigenvalue weighted by molar-refractivity contribution is 4.81. The number of nitrogens with one attached hydrogen (secondary N) is 1. The average Bonchev–Trinajstić information content (AvgIpc) is 2.69. The second-order valence-corrected chi connectivity index (χ2v) is 3.44. The van der Waals surface area contributed by atoms with Crippen molar-refractivity contribution in [3.63, 3.8) is 0 Å². The topological polar surface area (TPSA) is 12.0 Å². The maximum absolute atomic E-state index is 3.27. The Bertz CT molecular complexity index is 80.7. The summed E-state index contributed by atoms with van der Waals surface area (Å²) in [5, 5.41) is 3.27. The van der Waals surface area contributed by atoms with Gasteiger partial charge in [-0.1, -0.05) is 13.3 Å². The standard InChI is InChI=1S/C9H19N/c1-3-4-9(7-10-2)8-5-6-8/h8-10H,3-7H2,1-2H3. The highest BCUT2D eigenvalue weighted by Crippen LogP contribution is 2.38. The summed E-state index contributed by atoms with van der Waals surface area (Å²) in [6.07, 6.45) is 5.76. The van der Waals surface area contributed by atoms with Crippen LogP contribution in [0.2, 0.25) is 0 Å². The molecule has 0 saturated heterocycles. The Morgan fingerprint density at radius 3 is 2.60 bits per heavy atom. The van der Waals surface area contributed by atoms with Gasteiger partial charge in [0.1, 0.15) is 0 Å². The molecule has 0 radical (unpaired) electrons. The van der Waals surface area contributed by atoms with Gasteiger partial charge >= 0.3 is 0 Å². The van der Waals surface area contributed by atoms with Gasteiger partial charge in [0.25, 0.3) is 0 Å². The molecule has 1 N–H and O–H groups in total. The second-order valence-electron chi connectivity index (χ2n) is 3.44. The molecule has 0 heterocycles. The zero-order valence-corrected chi connectivity index (χ0v) is 7.19. The van der Waals surface area contributed by atoms with Gasteiger partial charge in [-0.2, -0.15) is 0 Å². The summed E-state index contributed by atoms with van der Waals surface area (Å²) in [5.74, 6) is 2.06. The van der Waals surface area contributed by atoms with Gasteiger partial charge in [0.05, 0.1) is 0 Å². The van der Waals surface area contributed by atoms with E-state index in [1.807, 2.05) is 0 Å². The predicted molar refractivity (Wildman–Crippen MR) is 45.0 cm³/mol. The molecule has 0 aromatic heterocycles. The molecule has 1 saturated carbocycles. The summed E-state index contributed by atoms with van der Waals surface area (Å²) in [6.45, 7) is 3.52. The van der Waals surface area contributed by atoms with Crippen molar-refractivity contribution in [1.82, 2.24) is 5.32 Å². The molecule has 0 aliphatic heterocycles. The quantitative estimate of drug-likeness (QED) is 0.617. The van der Waals surface area contributed by atoms with Crippen molar-refractivity contribution in [1.29, 1.82) is 0 Å². The third kappa shape index (κ3) is 2.30. The Kier molecular flexibility index (Phi) is 3.20. The lowest BCUT2D eigenvalue weighted by atomic mass is 9.98. The third-order valence-electron chi connectivity index (χ3n) is 2.41. The van der Waals surface area contributed by atoms with Gasteiger partial charge < -0.3 is 5.32 Å². The maximum Gasteiger partial charge on any atom is -0.00209 e. The molecule has 0 amide bonds. The Morgan fingerprint density at radius 2 is 2.20 bits per heavy atom.